The van der Waals surface area contributed by atoms with Crippen molar-refractivity contribution in [2.75, 3.05) is 5.01 Å². The maximum Gasteiger partial charge on any atom is 0.416 e. The van der Waals surface area contributed by atoms with E-state index in [1.807, 2.05) is 0 Å². The van der Waals surface area contributed by atoms with Gasteiger partial charge in [-0.3, -0.25) is 4.79 Å². The van der Waals surface area contributed by atoms with E-state index >= 15 is 0 Å². The van der Waals surface area contributed by atoms with Crippen molar-refractivity contribution in [3.63, 3.8) is 0 Å². The average molecular weight is 262 g/mol. The van der Waals surface area contributed by atoms with E-state index in [-0.39, 0.29) is 0 Å². The van der Waals surface area contributed by atoms with E-state index in [1.54, 1.807) is 0 Å². The number of rotatable bonds is 2. The first-order chi connectivity index (χ1) is 8.43. The van der Waals surface area contributed by atoms with Gasteiger partial charge in [-0.25, -0.2) is 9.40 Å². The predicted molar refractivity (Wildman–Crippen MR) is 51.7 cm³/mol. The predicted octanol–water partition coefficient (Wildman–Crippen LogP) is 2.06. The first-order valence-corrected chi connectivity index (χ1v) is 4.70. The molecule has 0 spiro atoms. The van der Waals surface area contributed by atoms with E-state index in [2.05, 4.69) is 15.9 Å². The van der Waals surface area contributed by atoms with Crippen LogP contribution < -0.4 is 10.5 Å². The molecule has 1 unspecified atom stereocenters. The molecule has 0 fully saturated rings. The largest absolute Gasteiger partial charge is 0.416 e. The average Bonchev–Trinajstić information content (AvgIpc) is 2.76. The van der Waals surface area contributed by atoms with Gasteiger partial charge in [-0.15, -0.1) is 5.11 Å². The molecule has 1 aliphatic heterocycles. The van der Waals surface area contributed by atoms with Gasteiger partial charge in [0, 0.05) is 0 Å². The maximum absolute atomic E-state index is 13.5. The van der Waals surface area contributed by atoms with Crippen LogP contribution in [0.15, 0.2) is 28.5 Å². The number of hydrazine groups is 1. The smallest absolute Gasteiger partial charge is 0.299 e. The van der Waals surface area contributed by atoms with E-state index < -0.39 is 29.4 Å². The summed E-state index contributed by atoms with van der Waals surface area (Å²) in [5, 5.41) is 7.42. The van der Waals surface area contributed by atoms with Gasteiger partial charge in [0.2, 0.25) is 6.17 Å². The first-order valence-electron chi connectivity index (χ1n) is 4.70. The summed E-state index contributed by atoms with van der Waals surface area (Å²) in [5.74, 6) is -0.922. The Kier molecular flexibility index (Phi) is 2.89. The molecule has 0 saturated heterocycles. The molecule has 18 heavy (non-hydrogen) atoms. The van der Waals surface area contributed by atoms with Gasteiger partial charge < -0.3 is 0 Å². The Balaban J connectivity index is 2.41. The van der Waals surface area contributed by atoms with E-state index in [0.29, 0.717) is 24.5 Å². The third kappa shape index (κ3) is 2.11. The Hall–Kier alpha value is -2.19. The highest BCUT2D eigenvalue weighted by molar-refractivity contribution is 5.66. The quantitative estimate of drug-likeness (QED) is 0.655. The van der Waals surface area contributed by atoms with Crippen LogP contribution in [-0.4, -0.2) is 12.5 Å². The van der Waals surface area contributed by atoms with Crippen LogP contribution in [0.2, 0.25) is 0 Å². The number of benzene rings is 1. The zero-order chi connectivity index (χ0) is 13.3. The molecular formula is C9H6F4N4O. The molecule has 1 heterocycles. The van der Waals surface area contributed by atoms with Gasteiger partial charge in [-0.2, -0.15) is 18.7 Å². The molecule has 1 atom stereocenters. The van der Waals surface area contributed by atoms with E-state index in [4.69, 9.17) is 0 Å². The van der Waals surface area contributed by atoms with Crippen molar-refractivity contribution in [2.45, 2.75) is 12.3 Å². The van der Waals surface area contributed by atoms with Gasteiger partial charge in [0.25, 0.3) is 0 Å². The van der Waals surface area contributed by atoms with Crippen LogP contribution >= 0.6 is 0 Å². The summed E-state index contributed by atoms with van der Waals surface area (Å²) < 4.78 is 50.9. The summed E-state index contributed by atoms with van der Waals surface area (Å²) in [4.78, 5) is 10.6. The van der Waals surface area contributed by atoms with Crippen molar-refractivity contribution in [1.82, 2.24) is 5.53 Å². The van der Waals surface area contributed by atoms with Crippen molar-refractivity contribution in [3.8, 4) is 0 Å². The standard InChI is InChI=1S/C9H6F4N4O/c10-6-2-1-5(9(11,12)13)3-7(6)17-8(4-18)14-15-16-17/h1-4,8H,(H,14,16). The molecule has 0 aromatic heterocycles. The lowest BCUT2D eigenvalue weighted by molar-refractivity contribution is -0.137. The third-order valence-electron chi connectivity index (χ3n) is 2.25. The minimum absolute atomic E-state index is 0.323. The number of carbonyl (C=O) groups is 1. The van der Waals surface area contributed by atoms with Crippen molar-refractivity contribution in [3.05, 3.63) is 29.6 Å². The second kappa shape index (κ2) is 4.24. The van der Waals surface area contributed by atoms with Crippen molar-refractivity contribution < 1.29 is 22.4 Å². The number of nitrogens with one attached hydrogen (secondary N) is 1. The SMILES string of the molecule is O=CC1N=NNN1c1cc(C(F)(F)F)ccc1F. The summed E-state index contributed by atoms with van der Waals surface area (Å²) >= 11 is 0. The van der Waals surface area contributed by atoms with Crippen LogP contribution in [0.25, 0.3) is 0 Å². The summed E-state index contributed by atoms with van der Waals surface area (Å²) in [6.45, 7) is 0. The molecule has 0 aliphatic carbocycles. The Bertz CT molecular complexity index is 502. The highest BCUT2D eigenvalue weighted by Gasteiger charge is 2.33. The van der Waals surface area contributed by atoms with Gasteiger partial charge in [-0.1, -0.05) is 5.22 Å². The zero-order valence-corrected chi connectivity index (χ0v) is 8.65. The minimum atomic E-state index is -4.60. The first kappa shape index (κ1) is 12.3. The number of carbonyl (C=O) groups excluding carboxylic acids is 1. The highest BCUT2D eigenvalue weighted by atomic mass is 19.4. The summed E-state index contributed by atoms with van der Waals surface area (Å²) in [7, 11) is 0. The number of nitrogens with zero attached hydrogens (tertiary/aromatic N) is 3. The second-order valence-electron chi connectivity index (χ2n) is 3.40. The van der Waals surface area contributed by atoms with Crippen LogP contribution in [-0.2, 0) is 11.0 Å². The van der Waals surface area contributed by atoms with E-state index in [9.17, 15) is 22.4 Å². The Morgan fingerprint density at radius 2 is 2.11 bits per heavy atom. The van der Waals surface area contributed by atoms with Crippen molar-refractivity contribution in [2.24, 2.45) is 10.3 Å². The van der Waals surface area contributed by atoms with Gasteiger partial charge >= 0.3 is 6.18 Å². The summed E-state index contributed by atoms with van der Waals surface area (Å²) in [5.41, 5.74) is 0.664. The molecule has 5 nitrogen and oxygen atoms in total. The second-order valence-corrected chi connectivity index (χ2v) is 3.40. The molecule has 0 saturated carbocycles. The van der Waals surface area contributed by atoms with Crippen molar-refractivity contribution >= 4 is 12.0 Å². The molecule has 0 amide bonds. The van der Waals surface area contributed by atoms with Crippen LogP contribution in [0.4, 0.5) is 23.2 Å². The highest BCUT2D eigenvalue weighted by Crippen LogP contribution is 2.33. The Morgan fingerprint density at radius 3 is 2.72 bits per heavy atom. The zero-order valence-electron chi connectivity index (χ0n) is 8.65. The fourth-order valence-electron chi connectivity index (χ4n) is 1.40. The molecule has 1 aromatic rings. The molecule has 0 bridgehead atoms. The monoisotopic (exact) mass is 262 g/mol. The molecule has 1 aliphatic rings. The molecule has 0 radical (unpaired) electrons. The number of hydrogen-bond donors (Lipinski definition) is 1. The maximum atomic E-state index is 13.5. The number of halogens is 4. The van der Waals surface area contributed by atoms with E-state index in [1.165, 1.54) is 0 Å². The van der Waals surface area contributed by atoms with Gasteiger partial charge in [0.1, 0.15) is 5.82 Å². The van der Waals surface area contributed by atoms with Crippen LogP contribution in [0.1, 0.15) is 5.56 Å². The Morgan fingerprint density at radius 1 is 1.39 bits per heavy atom. The number of aldehydes is 1. The van der Waals surface area contributed by atoms with Gasteiger partial charge in [0.15, 0.2) is 6.29 Å². The Labute approximate surface area is 98.0 Å². The molecule has 2 rings (SSSR count). The lowest BCUT2D eigenvalue weighted by Gasteiger charge is -2.20. The number of alkyl halides is 3. The molecule has 1 aromatic carbocycles. The molecule has 1 N–H and O–H groups in total. The lowest BCUT2D eigenvalue weighted by Crippen LogP contribution is -2.39. The molecular weight excluding hydrogens is 256 g/mol. The van der Waals surface area contributed by atoms with E-state index in [0.717, 1.165) is 5.01 Å². The number of anilines is 1. The summed E-state index contributed by atoms with van der Waals surface area (Å²) in [6.07, 6.45) is -5.47. The van der Waals surface area contributed by atoms with Crippen LogP contribution in [0, 0.1) is 5.82 Å². The topological polar surface area (TPSA) is 57.1 Å². The van der Waals surface area contributed by atoms with Crippen molar-refractivity contribution in [1.29, 1.82) is 0 Å². The molecule has 96 valence electrons. The number of hydrogen-bond acceptors (Lipinski definition) is 5. The normalized spacial score (nSPS) is 18.9. The van der Waals surface area contributed by atoms with Crippen LogP contribution in [0.3, 0.4) is 0 Å². The van der Waals surface area contributed by atoms with Gasteiger partial charge in [-0.05, 0) is 18.2 Å². The fourth-order valence-corrected chi connectivity index (χ4v) is 1.40. The van der Waals surface area contributed by atoms with Crippen LogP contribution in [0.5, 0.6) is 0 Å². The lowest BCUT2D eigenvalue weighted by atomic mass is 10.2. The summed E-state index contributed by atoms with van der Waals surface area (Å²) in [6, 6.07) is 1.86. The molecule has 9 heteroatoms. The third-order valence-corrected chi connectivity index (χ3v) is 2.25. The minimum Gasteiger partial charge on any atom is -0.299 e. The fraction of sp³-hybridized carbons (Fsp3) is 0.222. The van der Waals surface area contributed by atoms with Gasteiger partial charge in [0.05, 0.1) is 11.3 Å².